The summed E-state index contributed by atoms with van der Waals surface area (Å²) in [5.41, 5.74) is 0. The average molecular weight is 206 g/mol. The predicted octanol–water partition coefficient (Wildman–Crippen LogP) is 1.97. The lowest BCUT2D eigenvalue weighted by molar-refractivity contribution is -0.122. The number of hydrogen-bond donors (Lipinski definition) is 0. The molecule has 1 fully saturated rings. The number of carbonyl (C=O) groups is 1. The van der Waals surface area contributed by atoms with E-state index in [2.05, 4.69) is 11.9 Å². The Morgan fingerprint density at radius 1 is 1.60 bits per heavy atom. The quantitative estimate of drug-likeness (QED) is 0.757. The van der Waals surface area contributed by atoms with Crippen molar-refractivity contribution in [1.29, 1.82) is 0 Å². The first-order valence-corrected chi connectivity index (χ1v) is 5.65. The molecule has 3 nitrogen and oxygen atoms in total. The molecule has 3 heteroatoms. The highest BCUT2D eigenvalue weighted by atomic mass is 16.1. The summed E-state index contributed by atoms with van der Waals surface area (Å²) in [6.45, 7) is 2.23. The van der Waals surface area contributed by atoms with E-state index in [-0.39, 0.29) is 5.92 Å². The smallest absolute Gasteiger partial charge is 0.143 e. The number of imidazole rings is 1. The number of aromatic nitrogens is 2. The van der Waals surface area contributed by atoms with Gasteiger partial charge in [0.2, 0.25) is 0 Å². The van der Waals surface area contributed by atoms with Crippen molar-refractivity contribution in [2.75, 3.05) is 0 Å². The number of Topliss-reactive ketones (excluding diaryl/α,β-unsaturated/α-hetero) is 1. The molecule has 1 aliphatic rings. The van der Waals surface area contributed by atoms with Crippen molar-refractivity contribution in [1.82, 2.24) is 9.55 Å². The van der Waals surface area contributed by atoms with Crippen molar-refractivity contribution < 1.29 is 4.79 Å². The van der Waals surface area contributed by atoms with Crippen molar-refractivity contribution in [2.45, 2.75) is 32.6 Å². The Morgan fingerprint density at radius 3 is 2.93 bits per heavy atom. The van der Waals surface area contributed by atoms with Gasteiger partial charge in [0.1, 0.15) is 11.6 Å². The highest BCUT2D eigenvalue weighted by Gasteiger charge is 2.27. The Hall–Kier alpha value is -1.12. The Labute approximate surface area is 90.5 Å². The number of hydrogen-bond acceptors (Lipinski definition) is 2. The molecule has 2 unspecified atom stereocenters. The van der Waals surface area contributed by atoms with Gasteiger partial charge >= 0.3 is 0 Å². The first-order chi connectivity index (χ1) is 7.16. The molecule has 2 atom stereocenters. The van der Waals surface area contributed by atoms with Gasteiger partial charge in [-0.25, -0.2) is 4.98 Å². The van der Waals surface area contributed by atoms with Crippen LogP contribution in [0.3, 0.4) is 0 Å². The number of aryl methyl sites for hydroxylation is 1. The summed E-state index contributed by atoms with van der Waals surface area (Å²) >= 11 is 0. The van der Waals surface area contributed by atoms with Crippen LogP contribution in [0.2, 0.25) is 0 Å². The lowest BCUT2D eigenvalue weighted by Crippen LogP contribution is -2.16. The van der Waals surface area contributed by atoms with Crippen LogP contribution in [0.1, 0.15) is 32.0 Å². The summed E-state index contributed by atoms with van der Waals surface area (Å²) in [4.78, 5) is 16.1. The molecule has 0 spiro atoms. The molecule has 2 rings (SSSR count). The minimum atomic E-state index is 0.289. The van der Waals surface area contributed by atoms with Gasteiger partial charge in [0.25, 0.3) is 0 Å². The summed E-state index contributed by atoms with van der Waals surface area (Å²) in [7, 11) is 1.94. The molecule has 1 heterocycles. The Balaban J connectivity index is 1.95. The zero-order chi connectivity index (χ0) is 10.8. The molecule has 0 bridgehead atoms. The lowest BCUT2D eigenvalue weighted by Gasteiger charge is -2.08. The third-order valence-corrected chi connectivity index (χ3v) is 3.40. The molecule has 15 heavy (non-hydrogen) atoms. The van der Waals surface area contributed by atoms with Crippen LogP contribution in [0.4, 0.5) is 0 Å². The molecule has 82 valence electrons. The second kappa shape index (κ2) is 4.17. The van der Waals surface area contributed by atoms with Crippen molar-refractivity contribution in [2.24, 2.45) is 18.9 Å². The normalized spacial score (nSPS) is 25.7. The predicted molar refractivity (Wildman–Crippen MR) is 58.4 cm³/mol. The summed E-state index contributed by atoms with van der Waals surface area (Å²) in [6, 6.07) is 0. The second-order valence-corrected chi connectivity index (χ2v) is 4.71. The van der Waals surface area contributed by atoms with E-state index < -0.39 is 0 Å². The van der Waals surface area contributed by atoms with Crippen molar-refractivity contribution >= 4 is 5.78 Å². The number of carbonyl (C=O) groups excluding carboxylic acids is 1. The molecule has 1 saturated carbocycles. The van der Waals surface area contributed by atoms with Crippen LogP contribution < -0.4 is 0 Å². The van der Waals surface area contributed by atoms with E-state index in [0.717, 1.165) is 24.6 Å². The summed E-state index contributed by atoms with van der Waals surface area (Å²) in [5.74, 6) is 2.27. The number of nitrogens with zero attached hydrogens (tertiary/aromatic N) is 2. The van der Waals surface area contributed by atoms with Gasteiger partial charge in [-0.1, -0.05) is 6.92 Å². The van der Waals surface area contributed by atoms with Gasteiger partial charge in [0.05, 0.1) is 6.42 Å². The molecule has 1 aromatic rings. The van der Waals surface area contributed by atoms with E-state index in [1.54, 1.807) is 6.20 Å². The molecule has 0 radical (unpaired) electrons. The third kappa shape index (κ3) is 2.28. The van der Waals surface area contributed by atoms with E-state index in [9.17, 15) is 4.79 Å². The van der Waals surface area contributed by atoms with Crippen LogP contribution in [0.25, 0.3) is 0 Å². The Morgan fingerprint density at radius 2 is 2.40 bits per heavy atom. The summed E-state index contributed by atoms with van der Waals surface area (Å²) < 4.78 is 1.93. The molecule has 1 aromatic heterocycles. The van der Waals surface area contributed by atoms with Crippen molar-refractivity contribution in [3.05, 3.63) is 18.2 Å². The average Bonchev–Trinajstić information content (AvgIpc) is 2.77. The van der Waals surface area contributed by atoms with E-state index in [1.165, 1.54) is 6.42 Å². The van der Waals surface area contributed by atoms with Gasteiger partial charge in [0.15, 0.2) is 0 Å². The first-order valence-electron chi connectivity index (χ1n) is 5.65. The molecule has 0 saturated heterocycles. The minimum Gasteiger partial charge on any atom is -0.338 e. The van der Waals surface area contributed by atoms with Crippen LogP contribution in [0.15, 0.2) is 12.4 Å². The maximum Gasteiger partial charge on any atom is 0.143 e. The zero-order valence-electron chi connectivity index (χ0n) is 9.44. The standard InChI is InChI=1S/C12H18N2O/c1-9-3-4-10(7-9)11(15)8-12-13-5-6-14(12)2/h5-6,9-10H,3-4,7-8H2,1-2H3. The fourth-order valence-corrected chi connectivity index (χ4v) is 2.37. The molecule has 0 aromatic carbocycles. The first kappa shape index (κ1) is 10.4. The van der Waals surface area contributed by atoms with Crippen LogP contribution in [0, 0.1) is 11.8 Å². The molecule has 0 amide bonds. The van der Waals surface area contributed by atoms with Gasteiger partial charge in [-0.05, 0) is 25.2 Å². The highest BCUT2D eigenvalue weighted by molar-refractivity contribution is 5.82. The fourth-order valence-electron chi connectivity index (χ4n) is 2.37. The van der Waals surface area contributed by atoms with Crippen molar-refractivity contribution in [3.63, 3.8) is 0 Å². The van der Waals surface area contributed by atoms with Gasteiger partial charge < -0.3 is 4.57 Å². The van der Waals surface area contributed by atoms with Crippen LogP contribution in [-0.2, 0) is 18.3 Å². The van der Waals surface area contributed by atoms with Gasteiger partial charge in [-0.15, -0.1) is 0 Å². The Kier molecular flexibility index (Phi) is 2.89. The maximum atomic E-state index is 12.0. The SMILES string of the molecule is CC1CCC(C(=O)Cc2nccn2C)C1. The number of ketones is 1. The number of rotatable bonds is 3. The molecule has 0 aliphatic heterocycles. The largest absolute Gasteiger partial charge is 0.338 e. The fraction of sp³-hybridized carbons (Fsp3) is 0.667. The van der Waals surface area contributed by atoms with Crippen LogP contribution >= 0.6 is 0 Å². The lowest BCUT2D eigenvalue weighted by atomic mass is 9.98. The van der Waals surface area contributed by atoms with E-state index in [0.29, 0.717) is 12.2 Å². The minimum absolute atomic E-state index is 0.289. The van der Waals surface area contributed by atoms with E-state index in [1.807, 2.05) is 17.8 Å². The third-order valence-electron chi connectivity index (χ3n) is 3.40. The maximum absolute atomic E-state index is 12.0. The molecular weight excluding hydrogens is 188 g/mol. The zero-order valence-corrected chi connectivity index (χ0v) is 9.44. The van der Waals surface area contributed by atoms with Crippen molar-refractivity contribution in [3.8, 4) is 0 Å². The van der Waals surface area contributed by atoms with E-state index >= 15 is 0 Å². The van der Waals surface area contributed by atoms with Crippen LogP contribution in [-0.4, -0.2) is 15.3 Å². The molecule has 1 aliphatic carbocycles. The van der Waals surface area contributed by atoms with Gasteiger partial charge in [-0.2, -0.15) is 0 Å². The van der Waals surface area contributed by atoms with Crippen LogP contribution in [0.5, 0.6) is 0 Å². The highest BCUT2D eigenvalue weighted by Crippen LogP contribution is 2.31. The van der Waals surface area contributed by atoms with Gasteiger partial charge in [0, 0.05) is 25.4 Å². The molecular formula is C12H18N2O. The Bertz CT molecular complexity index is 356. The van der Waals surface area contributed by atoms with E-state index in [4.69, 9.17) is 0 Å². The molecule has 0 N–H and O–H groups in total. The van der Waals surface area contributed by atoms with Gasteiger partial charge in [-0.3, -0.25) is 4.79 Å². The monoisotopic (exact) mass is 206 g/mol. The second-order valence-electron chi connectivity index (χ2n) is 4.71. The topological polar surface area (TPSA) is 34.9 Å². The summed E-state index contributed by atoms with van der Waals surface area (Å²) in [6.07, 6.45) is 7.49. The summed E-state index contributed by atoms with van der Waals surface area (Å²) in [5, 5.41) is 0.